The van der Waals surface area contributed by atoms with Crippen LogP contribution in [0.5, 0.6) is 0 Å². The number of aromatic nitrogens is 2. The molecule has 3 nitrogen and oxygen atoms in total. The van der Waals surface area contributed by atoms with Gasteiger partial charge in [0.2, 0.25) is 0 Å². The van der Waals surface area contributed by atoms with E-state index in [1.165, 1.54) is 45.1 Å². The van der Waals surface area contributed by atoms with Gasteiger partial charge < -0.3 is 9.88 Å². The molecule has 0 atom stereocenters. The van der Waals surface area contributed by atoms with Gasteiger partial charge in [-0.1, -0.05) is 6.92 Å². The lowest BCUT2D eigenvalue weighted by Gasteiger charge is -2.27. The third-order valence-electron chi connectivity index (χ3n) is 3.85. The third kappa shape index (κ3) is 4.50. The van der Waals surface area contributed by atoms with Crippen LogP contribution in [-0.2, 0) is 6.54 Å². The van der Waals surface area contributed by atoms with Gasteiger partial charge in [-0.15, -0.1) is 0 Å². The molecule has 2 rings (SSSR count). The second-order valence-electron chi connectivity index (χ2n) is 5.42. The summed E-state index contributed by atoms with van der Waals surface area (Å²) in [5, 5.41) is 3.70. The van der Waals surface area contributed by atoms with Gasteiger partial charge in [0.05, 0.1) is 6.33 Å². The second-order valence-corrected chi connectivity index (χ2v) is 5.42. The highest BCUT2D eigenvalue weighted by molar-refractivity contribution is 4.76. The van der Waals surface area contributed by atoms with Crippen LogP contribution < -0.4 is 5.32 Å². The minimum Gasteiger partial charge on any atom is -0.337 e. The first-order valence-electron chi connectivity index (χ1n) is 7.03. The van der Waals surface area contributed by atoms with Crippen LogP contribution in [0.4, 0.5) is 0 Å². The Hall–Kier alpha value is -0.830. The number of aryl methyl sites for hydroxylation is 1. The zero-order chi connectivity index (χ0) is 11.9. The van der Waals surface area contributed by atoms with Crippen molar-refractivity contribution in [3.05, 3.63) is 18.7 Å². The first-order valence-corrected chi connectivity index (χ1v) is 7.03. The molecule has 0 spiro atoms. The van der Waals surface area contributed by atoms with Crippen molar-refractivity contribution in [2.75, 3.05) is 6.54 Å². The number of nitrogens with zero attached hydrogens (tertiary/aromatic N) is 2. The van der Waals surface area contributed by atoms with Crippen molar-refractivity contribution in [3.63, 3.8) is 0 Å². The maximum Gasteiger partial charge on any atom is 0.0945 e. The van der Waals surface area contributed by atoms with Gasteiger partial charge in [0.15, 0.2) is 0 Å². The minimum atomic E-state index is 0.791. The molecule has 3 heteroatoms. The quantitative estimate of drug-likeness (QED) is 0.768. The van der Waals surface area contributed by atoms with Crippen LogP contribution in [0.25, 0.3) is 0 Å². The molecule has 1 aliphatic rings. The average Bonchev–Trinajstić information content (AvgIpc) is 2.84. The normalized spacial score (nSPS) is 25.0. The van der Waals surface area contributed by atoms with Crippen molar-refractivity contribution in [1.82, 2.24) is 14.9 Å². The number of nitrogens with one attached hydrogen (secondary N) is 1. The van der Waals surface area contributed by atoms with E-state index in [1.54, 1.807) is 0 Å². The molecule has 0 aliphatic heterocycles. The summed E-state index contributed by atoms with van der Waals surface area (Å²) < 4.78 is 2.16. The molecule has 0 amide bonds. The Morgan fingerprint density at radius 2 is 2.06 bits per heavy atom. The van der Waals surface area contributed by atoms with Crippen LogP contribution >= 0.6 is 0 Å². The summed E-state index contributed by atoms with van der Waals surface area (Å²) in [6.45, 7) is 4.65. The fraction of sp³-hybridized carbons (Fsp3) is 0.786. The SMILES string of the molecule is CC1CCC(NCCCCn2ccnc2)CC1. The highest BCUT2D eigenvalue weighted by atomic mass is 15.0. The first-order chi connectivity index (χ1) is 8.34. The van der Waals surface area contributed by atoms with E-state index in [1.807, 2.05) is 18.7 Å². The zero-order valence-electron chi connectivity index (χ0n) is 10.9. The average molecular weight is 235 g/mol. The monoisotopic (exact) mass is 235 g/mol. The summed E-state index contributed by atoms with van der Waals surface area (Å²) in [5.74, 6) is 0.953. The standard InChI is InChI=1S/C14H25N3/c1-13-4-6-14(7-5-13)16-8-2-3-10-17-11-9-15-12-17/h9,11-14,16H,2-8,10H2,1H3. The van der Waals surface area contributed by atoms with Gasteiger partial charge in [-0.05, 0) is 51.0 Å². The molecule has 0 radical (unpaired) electrons. The van der Waals surface area contributed by atoms with Gasteiger partial charge >= 0.3 is 0 Å². The van der Waals surface area contributed by atoms with E-state index in [-0.39, 0.29) is 0 Å². The van der Waals surface area contributed by atoms with Crippen LogP contribution in [0.2, 0.25) is 0 Å². The molecule has 0 unspecified atom stereocenters. The lowest BCUT2D eigenvalue weighted by molar-refractivity contribution is 0.306. The Morgan fingerprint density at radius 1 is 1.24 bits per heavy atom. The highest BCUT2D eigenvalue weighted by Crippen LogP contribution is 2.23. The molecule has 1 aliphatic carbocycles. The molecule has 0 bridgehead atoms. The van der Waals surface area contributed by atoms with Crippen LogP contribution in [0.1, 0.15) is 45.4 Å². The van der Waals surface area contributed by atoms with Crippen LogP contribution in [-0.4, -0.2) is 22.1 Å². The lowest BCUT2D eigenvalue weighted by Crippen LogP contribution is -2.33. The van der Waals surface area contributed by atoms with Gasteiger partial charge in [0, 0.05) is 25.0 Å². The summed E-state index contributed by atoms with van der Waals surface area (Å²) in [7, 11) is 0. The molecule has 1 aromatic rings. The molecule has 1 fully saturated rings. The van der Waals surface area contributed by atoms with Gasteiger partial charge in [0.25, 0.3) is 0 Å². The van der Waals surface area contributed by atoms with Gasteiger partial charge in [-0.3, -0.25) is 0 Å². The second kappa shape index (κ2) is 6.80. The van der Waals surface area contributed by atoms with E-state index in [0.29, 0.717) is 0 Å². The molecular formula is C14H25N3. The van der Waals surface area contributed by atoms with Crippen molar-refractivity contribution in [1.29, 1.82) is 0 Å². The molecule has 1 saturated carbocycles. The summed E-state index contributed by atoms with van der Waals surface area (Å²) >= 11 is 0. The molecule has 1 heterocycles. The van der Waals surface area contributed by atoms with Crippen molar-refractivity contribution in [2.45, 2.75) is 58.0 Å². The minimum absolute atomic E-state index is 0.791. The van der Waals surface area contributed by atoms with E-state index in [9.17, 15) is 0 Å². The predicted octanol–water partition coefficient (Wildman–Crippen LogP) is 2.83. The summed E-state index contributed by atoms with van der Waals surface area (Å²) in [5.41, 5.74) is 0. The topological polar surface area (TPSA) is 29.9 Å². The number of hydrogen-bond donors (Lipinski definition) is 1. The van der Waals surface area contributed by atoms with Crippen molar-refractivity contribution in [2.24, 2.45) is 5.92 Å². The van der Waals surface area contributed by atoms with Crippen LogP contribution in [0.15, 0.2) is 18.7 Å². The van der Waals surface area contributed by atoms with E-state index in [0.717, 1.165) is 18.5 Å². The Morgan fingerprint density at radius 3 is 2.76 bits per heavy atom. The molecular weight excluding hydrogens is 210 g/mol. The van der Waals surface area contributed by atoms with E-state index >= 15 is 0 Å². The van der Waals surface area contributed by atoms with Crippen molar-refractivity contribution < 1.29 is 0 Å². The Balaban J connectivity index is 1.49. The van der Waals surface area contributed by atoms with Gasteiger partial charge in [-0.2, -0.15) is 0 Å². The van der Waals surface area contributed by atoms with Crippen molar-refractivity contribution in [3.8, 4) is 0 Å². The summed E-state index contributed by atoms with van der Waals surface area (Å²) in [4.78, 5) is 4.05. The predicted molar refractivity (Wildman–Crippen MR) is 70.9 cm³/mol. The molecule has 0 saturated heterocycles. The molecule has 1 N–H and O–H groups in total. The molecule has 96 valence electrons. The summed E-state index contributed by atoms with van der Waals surface area (Å²) in [6, 6.07) is 0.791. The van der Waals surface area contributed by atoms with Gasteiger partial charge in [0.1, 0.15) is 0 Å². The molecule has 1 aromatic heterocycles. The number of hydrogen-bond acceptors (Lipinski definition) is 2. The Bertz CT molecular complexity index is 286. The molecule has 17 heavy (non-hydrogen) atoms. The lowest BCUT2D eigenvalue weighted by atomic mass is 9.87. The Labute approximate surface area is 105 Å². The Kier molecular flexibility index (Phi) is 5.05. The third-order valence-corrected chi connectivity index (χ3v) is 3.85. The van der Waals surface area contributed by atoms with Gasteiger partial charge in [-0.25, -0.2) is 4.98 Å². The largest absolute Gasteiger partial charge is 0.337 e. The van der Waals surface area contributed by atoms with Crippen molar-refractivity contribution >= 4 is 0 Å². The van der Waals surface area contributed by atoms with E-state index in [4.69, 9.17) is 0 Å². The smallest absolute Gasteiger partial charge is 0.0945 e. The van der Waals surface area contributed by atoms with Crippen LogP contribution in [0, 0.1) is 5.92 Å². The maximum absolute atomic E-state index is 4.05. The van der Waals surface area contributed by atoms with E-state index < -0.39 is 0 Å². The zero-order valence-corrected chi connectivity index (χ0v) is 10.9. The highest BCUT2D eigenvalue weighted by Gasteiger charge is 2.16. The number of imidazole rings is 1. The summed E-state index contributed by atoms with van der Waals surface area (Å²) in [6.07, 6.45) is 13.9. The number of rotatable bonds is 6. The fourth-order valence-corrected chi connectivity index (χ4v) is 2.61. The fourth-order valence-electron chi connectivity index (χ4n) is 2.61. The van der Waals surface area contributed by atoms with Crippen LogP contribution in [0.3, 0.4) is 0 Å². The molecule has 0 aromatic carbocycles. The maximum atomic E-state index is 4.05. The van der Waals surface area contributed by atoms with E-state index in [2.05, 4.69) is 21.8 Å². The number of unbranched alkanes of at least 4 members (excludes halogenated alkanes) is 1. The first kappa shape index (κ1) is 12.6.